The Bertz CT molecular complexity index is 1110. The molecule has 0 saturated carbocycles. The third-order valence-electron chi connectivity index (χ3n) is 6.68. The fourth-order valence-corrected chi connectivity index (χ4v) is 6.08. The third-order valence-corrected chi connectivity index (χ3v) is 9.01. The van der Waals surface area contributed by atoms with E-state index < -0.39 is 42.9 Å². The highest BCUT2D eigenvalue weighted by atomic mass is 127. The van der Waals surface area contributed by atoms with Gasteiger partial charge in [-0.3, -0.25) is 4.79 Å². The molecule has 184 valence electrons. The van der Waals surface area contributed by atoms with Crippen molar-refractivity contribution in [1.82, 2.24) is 14.7 Å². The second-order valence-electron chi connectivity index (χ2n) is 10.2. The predicted octanol–water partition coefficient (Wildman–Crippen LogP) is 5.10. The minimum absolute atomic E-state index is 0.0741. The van der Waals surface area contributed by atoms with Gasteiger partial charge in [0, 0.05) is 36.6 Å². The van der Waals surface area contributed by atoms with Crippen LogP contribution in [0.25, 0.3) is 0 Å². The summed E-state index contributed by atoms with van der Waals surface area (Å²) in [7, 11) is 0.380. The second-order valence-corrected chi connectivity index (χ2v) is 17.1. The van der Waals surface area contributed by atoms with Crippen molar-refractivity contribution in [3.63, 3.8) is 0 Å². The number of amides is 3. The average Bonchev–Trinajstić information content (AvgIpc) is 3.15. The number of aromatic nitrogens is 2. The molecule has 34 heavy (non-hydrogen) atoms. The first-order valence-electron chi connectivity index (χ1n) is 11.3. The Morgan fingerprint density at radius 1 is 1.21 bits per heavy atom. The highest BCUT2D eigenvalue weighted by Crippen LogP contribution is 2.46. The standard InChI is InChI=1S/C23H29F2IN4O3Si/c1-28-22(32)30(21-17(24)10-15(26)11-18(21)25)20(31)12-23(28)7-5-6-19-16(23)13-27-29(19)14-33-8-9-34(2,3)4/h10-11,13H,5-9,12,14H2,1-4H3/t23-/m0/s1. The number of carbonyl (C=O) groups is 2. The van der Waals surface area contributed by atoms with Gasteiger partial charge in [-0.2, -0.15) is 5.10 Å². The number of ether oxygens (including phenoxy) is 1. The van der Waals surface area contributed by atoms with Crippen molar-refractivity contribution in [1.29, 1.82) is 0 Å². The lowest BCUT2D eigenvalue weighted by atomic mass is 9.75. The molecule has 0 N–H and O–H groups in total. The van der Waals surface area contributed by atoms with Crippen molar-refractivity contribution in [2.24, 2.45) is 0 Å². The number of hydrogen-bond acceptors (Lipinski definition) is 4. The van der Waals surface area contributed by atoms with Crippen molar-refractivity contribution < 1.29 is 23.1 Å². The summed E-state index contributed by atoms with van der Waals surface area (Å²) in [6.07, 6.45) is 3.71. The van der Waals surface area contributed by atoms with Crippen molar-refractivity contribution in [3.8, 4) is 0 Å². The average molecular weight is 602 g/mol. The van der Waals surface area contributed by atoms with E-state index in [0.29, 0.717) is 28.2 Å². The second kappa shape index (κ2) is 9.30. The maximum absolute atomic E-state index is 14.6. The smallest absolute Gasteiger partial charge is 0.332 e. The number of nitrogens with zero attached hydrogens (tertiary/aromatic N) is 4. The largest absolute Gasteiger partial charge is 0.360 e. The van der Waals surface area contributed by atoms with Gasteiger partial charge in [-0.05, 0) is 60.0 Å². The Morgan fingerprint density at radius 3 is 2.53 bits per heavy atom. The molecule has 3 amide bonds. The molecule has 0 radical (unpaired) electrons. The first kappa shape index (κ1) is 25.2. The first-order valence-corrected chi connectivity index (χ1v) is 16.1. The van der Waals surface area contributed by atoms with E-state index in [1.54, 1.807) is 40.5 Å². The van der Waals surface area contributed by atoms with Crippen LogP contribution in [0.2, 0.25) is 25.7 Å². The first-order chi connectivity index (χ1) is 15.9. The fraction of sp³-hybridized carbons (Fsp3) is 0.522. The van der Waals surface area contributed by atoms with Crippen LogP contribution in [0, 0.1) is 15.2 Å². The lowest BCUT2D eigenvalue weighted by Gasteiger charge is -2.49. The van der Waals surface area contributed by atoms with Gasteiger partial charge in [0.25, 0.3) is 0 Å². The van der Waals surface area contributed by atoms with Crippen LogP contribution in [0.15, 0.2) is 18.3 Å². The van der Waals surface area contributed by atoms with E-state index in [4.69, 9.17) is 4.74 Å². The van der Waals surface area contributed by atoms with Crippen LogP contribution in [0.5, 0.6) is 0 Å². The molecule has 2 heterocycles. The number of rotatable bonds is 6. The molecule has 2 aliphatic rings. The fourth-order valence-electron chi connectivity index (χ4n) is 4.77. The number of imide groups is 1. The molecule has 1 spiro atoms. The molecule has 4 rings (SSSR count). The maximum Gasteiger partial charge on any atom is 0.332 e. The zero-order valence-corrected chi connectivity index (χ0v) is 23.0. The molecule has 2 aromatic rings. The number of benzene rings is 1. The van der Waals surface area contributed by atoms with Gasteiger partial charge in [-0.25, -0.2) is 23.2 Å². The lowest BCUT2D eigenvalue weighted by Crippen LogP contribution is -2.62. The van der Waals surface area contributed by atoms with E-state index >= 15 is 0 Å². The van der Waals surface area contributed by atoms with Gasteiger partial charge in [0.1, 0.15) is 12.4 Å². The summed E-state index contributed by atoms with van der Waals surface area (Å²) >= 11 is 1.78. The summed E-state index contributed by atoms with van der Waals surface area (Å²) in [5.74, 6) is -2.51. The predicted molar refractivity (Wildman–Crippen MR) is 135 cm³/mol. The van der Waals surface area contributed by atoms with Crippen LogP contribution in [0.3, 0.4) is 0 Å². The van der Waals surface area contributed by atoms with Crippen LogP contribution >= 0.6 is 22.6 Å². The lowest BCUT2D eigenvalue weighted by molar-refractivity contribution is -0.123. The van der Waals surface area contributed by atoms with Crippen molar-refractivity contribution in [2.45, 2.75) is 63.6 Å². The zero-order chi connectivity index (χ0) is 24.8. The van der Waals surface area contributed by atoms with E-state index in [0.717, 1.165) is 42.3 Å². The van der Waals surface area contributed by atoms with E-state index in [1.807, 2.05) is 0 Å². The van der Waals surface area contributed by atoms with Gasteiger partial charge in [0.15, 0.2) is 11.6 Å². The zero-order valence-electron chi connectivity index (χ0n) is 19.8. The molecule has 1 atom stereocenters. The Labute approximate surface area is 212 Å². The van der Waals surface area contributed by atoms with Crippen LogP contribution in [0.4, 0.5) is 19.3 Å². The van der Waals surface area contributed by atoms with Crippen LogP contribution in [0.1, 0.15) is 30.5 Å². The van der Waals surface area contributed by atoms with Crippen LogP contribution in [-0.2, 0) is 28.2 Å². The Balaban J connectivity index is 1.61. The van der Waals surface area contributed by atoms with Gasteiger partial charge in [-0.1, -0.05) is 19.6 Å². The van der Waals surface area contributed by atoms with Crippen molar-refractivity contribution in [2.75, 3.05) is 18.6 Å². The molecule has 7 nitrogen and oxygen atoms in total. The number of halogens is 3. The quantitative estimate of drug-likeness (QED) is 0.262. The summed E-state index contributed by atoms with van der Waals surface area (Å²) < 4.78 is 37.3. The number of anilines is 1. The third kappa shape index (κ3) is 4.53. The topological polar surface area (TPSA) is 67.7 Å². The highest BCUT2D eigenvalue weighted by Gasteiger charge is 2.52. The molecule has 1 aliphatic heterocycles. The van der Waals surface area contributed by atoms with Gasteiger partial charge >= 0.3 is 6.03 Å². The van der Waals surface area contributed by atoms with Gasteiger partial charge in [0.2, 0.25) is 5.91 Å². The minimum Gasteiger partial charge on any atom is -0.360 e. The highest BCUT2D eigenvalue weighted by molar-refractivity contribution is 14.1. The molecule has 0 unspecified atom stereocenters. The van der Waals surface area contributed by atoms with Crippen LogP contribution in [-0.4, -0.2) is 48.3 Å². The van der Waals surface area contributed by atoms with Crippen LogP contribution < -0.4 is 4.90 Å². The maximum atomic E-state index is 14.6. The van der Waals surface area contributed by atoms with Gasteiger partial charge in [0.05, 0.1) is 18.2 Å². The van der Waals surface area contributed by atoms with E-state index in [-0.39, 0.29) is 6.42 Å². The SMILES string of the molecule is CN1C(=O)N(c2c(F)cc(I)cc2F)C(=O)C[C@]12CCCc1c2cnn1COCC[Si](C)(C)C. The molecule has 1 fully saturated rings. The molecule has 1 aliphatic carbocycles. The number of hydrogen-bond donors (Lipinski definition) is 0. The summed E-state index contributed by atoms with van der Waals surface area (Å²) in [6.45, 7) is 7.85. The molecule has 0 bridgehead atoms. The van der Waals surface area contributed by atoms with E-state index in [1.165, 1.54) is 4.90 Å². The minimum atomic E-state index is -1.20. The van der Waals surface area contributed by atoms with E-state index in [9.17, 15) is 18.4 Å². The van der Waals surface area contributed by atoms with Crippen molar-refractivity contribution in [3.05, 3.63) is 44.8 Å². The Hall–Kier alpha value is -1.86. The molecular formula is C23H29F2IN4O3Si. The number of carbonyl (C=O) groups excluding carboxylic acids is 2. The summed E-state index contributed by atoms with van der Waals surface area (Å²) in [5, 5.41) is 4.50. The van der Waals surface area contributed by atoms with Crippen molar-refractivity contribution >= 4 is 48.3 Å². The molecule has 11 heteroatoms. The summed E-state index contributed by atoms with van der Waals surface area (Å²) in [6, 6.07) is 2.51. The summed E-state index contributed by atoms with van der Waals surface area (Å²) in [5.41, 5.74) is 0.219. The molecule has 1 saturated heterocycles. The number of fused-ring (bicyclic) bond motifs is 2. The number of urea groups is 1. The summed E-state index contributed by atoms with van der Waals surface area (Å²) in [4.78, 5) is 28.7. The van der Waals surface area contributed by atoms with E-state index in [2.05, 4.69) is 24.7 Å². The Morgan fingerprint density at radius 2 is 1.88 bits per heavy atom. The normalized spacial score (nSPS) is 20.9. The Kier molecular flexibility index (Phi) is 6.90. The van der Waals surface area contributed by atoms with Gasteiger partial charge < -0.3 is 9.64 Å². The molecular weight excluding hydrogens is 573 g/mol. The molecule has 1 aromatic carbocycles. The van der Waals surface area contributed by atoms with Gasteiger partial charge in [-0.15, -0.1) is 0 Å². The molecule has 1 aromatic heterocycles. The monoisotopic (exact) mass is 602 g/mol.